The van der Waals surface area contributed by atoms with E-state index in [9.17, 15) is 4.79 Å². The fourth-order valence-electron chi connectivity index (χ4n) is 0.883. The topological polar surface area (TPSA) is 38.3 Å². The number of carbonyl (C=O) groups excluding carboxylic acids is 1. The molecule has 0 aliphatic carbocycles. The van der Waals surface area contributed by atoms with Crippen LogP contribution in [-0.2, 0) is 9.53 Å². The number of nitrogens with one attached hydrogen (secondary N) is 1. The van der Waals surface area contributed by atoms with Gasteiger partial charge in [0.15, 0.2) is 0 Å². The highest BCUT2D eigenvalue weighted by Crippen LogP contribution is 2.13. The molecule has 1 amide bonds. The summed E-state index contributed by atoms with van der Waals surface area (Å²) in [4.78, 5) is 9.95. The molecular formula is C9H19NO2. The lowest BCUT2D eigenvalue weighted by molar-refractivity contribution is -0.109. The summed E-state index contributed by atoms with van der Waals surface area (Å²) in [6, 6.07) is 0. The Labute approximate surface area is 74.5 Å². The molecular weight excluding hydrogens is 154 g/mol. The minimum atomic E-state index is -0.119. The zero-order valence-electron chi connectivity index (χ0n) is 8.22. The summed E-state index contributed by atoms with van der Waals surface area (Å²) in [5, 5.41) is 2.62. The monoisotopic (exact) mass is 173 g/mol. The van der Waals surface area contributed by atoms with Crippen LogP contribution < -0.4 is 5.32 Å². The van der Waals surface area contributed by atoms with Gasteiger partial charge in [0.2, 0.25) is 6.41 Å². The molecule has 0 unspecified atom stereocenters. The largest absolute Gasteiger partial charge is 0.376 e. The van der Waals surface area contributed by atoms with Gasteiger partial charge in [-0.05, 0) is 26.7 Å². The Morgan fingerprint density at radius 2 is 2.17 bits per heavy atom. The Morgan fingerprint density at radius 1 is 1.50 bits per heavy atom. The van der Waals surface area contributed by atoms with Crippen molar-refractivity contribution in [2.75, 3.05) is 13.2 Å². The van der Waals surface area contributed by atoms with Crippen LogP contribution in [0.3, 0.4) is 0 Å². The van der Waals surface area contributed by atoms with E-state index in [1.165, 1.54) is 0 Å². The van der Waals surface area contributed by atoms with Crippen molar-refractivity contribution in [2.24, 2.45) is 0 Å². The first-order chi connectivity index (χ1) is 5.62. The quantitative estimate of drug-likeness (QED) is 0.466. The molecule has 0 radical (unpaired) electrons. The average molecular weight is 173 g/mol. The van der Waals surface area contributed by atoms with Crippen LogP contribution in [0.4, 0.5) is 0 Å². The molecule has 0 rings (SSSR count). The molecule has 0 saturated heterocycles. The molecule has 3 nitrogen and oxygen atoms in total. The third kappa shape index (κ3) is 6.16. The van der Waals surface area contributed by atoms with Gasteiger partial charge in [-0.25, -0.2) is 0 Å². The third-order valence-corrected chi connectivity index (χ3v) is 1.65. The minimum absolute atomic E-state index is 0.119. The van der Waals surface area contributed by atoms with Crippen LogP contribution in [0.25, 0.3) is 0 Å². The van der Waals surface area contributed by atoms with Crippen LogP contribution in [-0.4, -0.2) is 25.2 Å². The molecule has 0 aromatic carbocycles. The lowest BCUT2D eigenvalue weighted by atomic mass is 10.1. The van der Waals surface area contributed by atoms with Crippen molar-refractivity contribution in [3.05, 3.63) is 0 Å². The smallest absolute Gasteiger partial charge is 0.207 e. The second kappa shape index (κ2) is 6.00. The van der Waals surface area contributed by atoms with Crippen molar-refractivity contribution in [1.82, 2.24) is 5.32 Å². The minimum Gasteiger partial charge on any atom is -0.376 e. The summed E-state index contributed by atoms with van der Waals surface area (Å²) in [7, 11) is 0. The summed E-state index contributed by atoms with van der Waals surface area (Å²) >= 11 is 0. The highest BCUT2D eigenvalue weighted by atomic mass is 16.5. The molecule has 0 fully saturated rings. The molecule has 0 aliphatic rings. The van der Waals surface area contributed by atoms with Crippen LogP contribution >= 0.6 is 0 Å². The van der Waals surface area contributed by atoms with Gasteiger partial charge >= 0.3 is 0 Å². The zero-order valence-corrected chi connectivity index (χ0v) is 8.22. The molecule has 0 aromatic heterocycles. The van der Waals surface area contributed by atoms with Gasteiger partial charge in [0.1, 0.15) is 0 Å². The zero-order chi connectivity index (χ0) is 9.45. The van der Waals surface area contributed by atoms with Crippen molar-refractivity contribution in [1.29, 1.82) is 0 Å². The predicted octanol–water partition coefficient (Wildman–Crippen LogP) is 1.33. The maximum Gasteiger partial charge on any atom is 0.207 e. The van der Waals surface area contributed by atoms with Gasteiger partial charge in [0.25, 0.3) is 0 Å². The Balaban J connectivity index is 3.48. The highest BCUT2D eigenvalue weighted by molar-refractivity contribution is 5.45. The second-order valence-electron chi connectivity index (χ2n) is 3.43. The van der Waals surface area contributed by atoms with Gasteiger partial charge in [-0.15, -0.1) is 0 Å². The number of hydrogen-bond acceptors (Lipinski definition) is 2. The van der Waals surface area contributed by atoms with E-state index < -0.39 is 0 Å². The van der Waals surface area contributed by atoms with Crippen LogP contribution in [0.2, 0.25) is 0 Å². The third-order valence-electron chi connectivity index (χ3n) is 1.65. The molecule has 0 spiro atoms. The van der Waals surface area contributed by atoms with E-state index in [1.807, 2.05) is 13.8 Å². The van der Waals surface area contributed by atoms with E-state index in [2.05, 4.69) is 12.2 Å². The molecule has 1 N–H and O–H groups in total. The molecule has 3 heteroatoms. The number of amides is 1. The van der Waals surface area contributed by atoms with Gasteiger partial charge in [0, 0.05) is 13.2 Å². The predicted molar refractivity (Wildman–Crippen MR) is 49.0 cm³/mol. The van der Waals surface area contributed by atoms with Crippen molar-refractivity contribution in [3.63, 3.8) is 0 Å². The SMILES string of the molecule is CCCOC(C)(C)CCNC=O. The van der Waals surface area contributed by atoms with Crippen molar-refractivity contribution in [3.8, 4) is 0 Å². The summed E-state index contributed by atoms with van der Waals surface area (Å²) < 4.78 is 5.57. The lowest BCUT2D eigenvalue weighted by Gasteiger charge is -2.24. The number of rotatable bonds is 7. The lowest BCUT2D eigenvalue weighted by Crippen LogP contribution is -2.29. The highest BCUT2D eigenvalue weighted by Gasteiger charge is 2.16. The normalized spacial score (nSPS) is 11.2. The Hall–Kier alpha value is -0.570. The number of hydrogen-bond donors (Lipinski definition) is 1. The van der Waals surface area contributed by atoms with Gasteiger partial charge < -0.3 is 10.1 Å². The fraction of sp³-hybridized carbons (Fsp3) is 0.889. The summed E-state index contributed by atoms with van der Waals surface area (Å²) in [6.45, 7) is 7.62. The Kier molecular flexibility index (Phi) is 5.72. The molecule has 0 bridgehead atoms. The van der Waals surface area contributed by atoms with Crippen molar-refractivity contribution >= 4 is 6.41 Å². The van der Waals surface area contributed by atoms with E-state index in [-0.39, 0.29) is 5.60 Å². The van der Waals surface area contributed by atoms with E-state index in [4.69, 9.17) is 4.74 Å². The van der Waals surface area contributed by atoms with Crippen LogP contribution in [0, 0.1) is 0 Å². The molecule has 0 atom stereocenters. The number of carbonyl (C=O) groups is 1. The molecule has 12 heavy (non-hydrogen) atoms. The summed E-state index contributed by atoms with van der Waals surface area (Å²) in [5.74, 6) is 0. The summed E-state index contributed by atoms with van der Waals surface area (Å²) in [6.07, 6.45) is 2.60. The molecule has 0 aliphatic heterocycles. The maximum atomic E-state index is 9.95. The molecule has 72 valence electrons. The average Bonchev–Trinajstić information content (AvgIpc) is 2.01. The Bertz CT molecular complexity index is 124. The molecule has 0 aromatic rings. The van der Waals surface area contributed by atoms with Crippen molar-refractivity contribution < 1.29 is 9.53 Å². The van der Waals surface area contributed by atoms with Gasteiger partial charge in [0.05, 0.1) is 5.60 Å². The standard InChI is InChI=1S/C9H19NO2/c1-4-7-12-9(2,3)5-6-10-8-11/h8H,4-7H2,1-3H3,(H,10,11). The first-order valence-corrected chi connectivity index (χ1v) is 4.43. The first-order valence-electron chi connectivity index (χ1n) is 4.43. The summed E-state index contributed by atoms with van der Waals surface area (Å²) in [5.41, 5.74) is -0.119. The van der Waals surface area contributed by atoms with E-state index in [0.717, 1.165) is 25.9 Å². The van der Waals surface area contributed by atoms with Gasteiger partial charge in [-0.1, -0.05) is 6.92 Å². The molecule has 0 saturated carbocycles. The van der Waals surface area contributed by atoms with Crippen LogP contribution in [0.15, 0.2) is 0 Å². The van der Waals surface area contributed by atoms with E-state index in [0.29, 0.717) is 6.54 Å². The van der Waals surface area contributed by atoms with E-state index >= 15 is 0 Å². The van der Waals surface area contributed by atoms with Gasteiger partial charge in [-0.3, -0.25) is 4.79 Å². The van der Waals surface area contributed by atoms with Crippen LogP contribution in [0.5, 0.6) is 0 Å². The van der Waals surface area contributed by atoms with E-state index in [1.54, 1.807) is 0 Å². The van der Waals surface area contributed by atoms with Crippen molar-refractivity contribution in [2.45, 2.75) is 39.2 Å². The second-order valence-corrected chi connectivity index (χ2v) is 3.43. The van der Waals surface area contributed by atoms with Crippen LogP contribution in [0.1, 0.15) is 33.6 Å². The fourth-order valence-corrected chi connectivity index (χ4v) is 0.883. The number of ether oxygens (including phenoxy) is 1. The van der Waals surface area contributed by atoms with Gasteiger partial charge in [-0.2, -0.15) is 0 Å². The first kappa shape index (κ1) is 11.4. The Morgan fingerprint density at radius 3 is 2.67 bits per heavy atom. The maximum absolute atomic E-state index is 9.95. The molecule has 0 heterocycles.